The van der Waals surface area contributed by atoms with E-state index >= 15 is 0 Å². The van der Waals surface area contributed by atoms with Gasteiger partial charge in [-0.1, -0.05) is 57.9 Å². The van der Waals surface area contributed by atoms with E-state index in [-0.39, 0.29) is 0 Å². The van der Waals surface area contributed by atoms with Crippen LogP contribution in [0.4, 0.5) is 0 Å². The molecule has 0 saturated carbocycles. The van der Waals surface area contributed by atoms with Gasteiger partial charge in [0.2, 0.25) is 0 Å². The summed E-state index contributed by atoms with van der Waals surface area (Å²) in [5.74, 6) is 0. The zero-order valence-electron chi connectivity index (χ0n) is 10.9. The van der Waals surface area contributed by atoms with Gasteiger partial charge in [0.25, 0.3) is 0 Å². The molecule has 0 radical (unpaired) electrons. The van der Waals surface area contributed by atoms with Crippen molar-refractivity contribution in [2.24, 2.45) is 0 Å². The highest BCUT2D eigenvalue weighted by Gasteiger charge is 2.12. The van der Waals surface area contributed by atoms with E-state index in [4.69, 9.17) is 0 Å². The lowest BCUT2D eigenvalue weighted by atomic mass is 9.97. The Morgan fingerprint density at radius 1 is 0.944 bits per heavy atom. The van der Waals surface area contributed by atoms with Crippen molar-refractivity contribution in [2.45, 2.75) is 26.9 Å². The highest BCUT2D eigenvalue weighted by atomic mass is 79.9. The lowest BCUT2D eigenvalue weighted by Crippen LogP contribution is -2.01. The van der Waals surface area contributed by atoms with Crippen LogP contribution in [0.5, 0.6) is 0 Å². The average Bonchev–Trinajstić information content (AvgIpc) is 2.34. The molecule has 18 heavy (non-hydrogen) atoms. The fourth-order valence-corrected chi connectivity index (χ4v) is 2.40. The molecule has 2 aromatic rings. The number of hydrogen-bond acceptors (Lipinski definition) is 1. The van der Waals surface area contributed by atoms with Gasteiger partial charge in [-0.3, -0.25) is 0 Å². The summed E-state index contributed by atoms with van der Waals surface area (Å²) in [6.07, 6.45) is -0.560. The minimum absolute atomic E-state index is 0.560. The Hall–Kier alpha value is -1.12. The second kappa shape index (κ2) is 5.25. The molecule has 0 aliphatic carbocycles. The molecule has 0 aliphatic rings. The topological polar surface area (TPSA) is 20.2 Å². The molecule has 0 aromatic heterocycles. The molecule has 2 rings (SSSR count). The first-order valence-electron chi connectivity index (χ1n) is 6.00. The van der Waals surface area contributed by atoms with Crippen molar-refractivity contribution in [1.82, 2.24) is 0 Å². The van der Waals surface area contributed by atoms with Gasteiger partial charge in [0.15, 0.2) is 0 Å². The normalized spacial score (nSPS) is 12.5. The van der Waals surface area contributed by atoms with Crippen molar-refractivity contribution in [2.75, 3.05) is 0 Å². The number of aliphatic hydroxyl groups is 1. The maximum absolute atomic E-state index is 10.4. The zero-order valence-corrected chi connectivity index (χ0v) is 12.5. The summed E-state index contributed by atoms with van der Waals surface area (Å²) in [4.78, 5) is 0. The fourth-order valence-electron chi connectivity index (χ4n) is 2.17. The largest absolute Gasteiger partial charge is 0.384 e. The summed E-state index contributed by atoms with van der Waals surface area (Å²) in [6, 6.07) is 12.1. The summed E-state index contributed by atoms with van der Waals surface area (Å²) in [5.41, 5.74) is 5.35. The van der Waals surface area contributed by atoms with E-state index < -0.39 is 6.10 Å². The van der Waals surface area contributed by atoms with E-state index in [0.29, 0.717) is 0 Å². The molecule has 0 heterocycles. The summed E-state index contributed by atoms with van der Waals surface area (Å²) in [5, 5.41) is 10.4. The van der Waals surface area contributed by atoms with Crippen LogP contribution in [0.25, 0.3) is 0 Å². The van der Waals surface area contributed by atoms with Crippen molar-refractivity contribution in [3.05, 3.63) is 68.7 Å². The quantitative estimate of drug-likeness (QED) is 0.868. The Labute approximate surface area is 117 Å². The molecule has 1 nitrogen and oxygen atoms in total. The summed E-state index contributed by atoms with van der Waals surface area (Å²) in [6.45, 7) is 6.13. The Bertz CT molecular complexity index is 552. The minimum atomic E-state index is -0.560. The van der Waals surface area contributed by atoms with Crippen LogP contribution < -0.4 is 0 Å². The van der Waals surface area contributed by atoms with Crippen LogP contribution in [-0.2, 0) is 0 Å². The predicted octanol–water partition coefficient (Wildman–Crippen LogP) is 4.46. The lowest BCUT2D eigenvalue weighted by Gasteiger charge is -2.15. The third-order valence-corrected chi connectivity index (χ3v) is 4.38. The Morgan fingerprint density at radius 2 is 1.56 bits per heavy atom. The number of aryl methyl sites for hydroxylation is 3. The van der Waals surface area contributed by atoms with Gasteiger partial charge in [-0.15, -0.1) is 0 Å². The SMILES string of the molecule is Cc1cccc(C(O)c2cc(C)c(Br)c(C)c2)c1. The molecule has 0 fully saturated rings. The molecule has 0 amide bonds. The second-order valence-electron chi connectivity index (χ2n) is 4.79. The monoisotopic (exact) mass is 304 g/mol. The summed E-state index contributed by atoms with van der Waals surface area (Å²) >= 11 is 3.55. The van der Waals surface area contributed by atoms with Crippen LogP contribution in [0.2, 0.25) is 0 Å². The Balaban J connectivity index is 2.43. The van der Waals surface area contributed by atoms with E-state index in [1.165, 1.54) is 0 Å². The van der Waals surface area contributed by atoms with Gasteiger partial charge >= 0.3 is 0 Å². The van der Waals surface area contributed by atoms with Crippen LogP contribution in [0, 0.1) is 20.8 Å². The van der Waals surface area contributed by atoms with Crippen LogP contribution in [-0.4, -0.2) is 5.11 Å². The molecule has 0 bridgehead atoms. The molecule has 1 N–H and O–H groups in total. The summed E-state index contributed by atoms with van der Waals surface area (Å²) < 4.78 is 1.11. The van der Waals surface area contributed by atoms with Crippen LogP contribution in [0.15, 0.2) is 40.9 Å². The lowest BCUT2D eigenvalue weighted by molar-refractivity contribution is 0.220. The first kappa shape index (κ1) is 13.3. The third-order valence-electron chi connectivity index (χ3n) is 3.13. The van der Waals surface area contributed by atoms with Crippen molar-refractivity contribution >= 4 is 15.9 Å². The highest BCUT2D eigenvalue weighted by Crippen LogP contribution is 2.29. The first-order valence-corrected chi connectivity index (χ1v) is 6.79. The van der Waals surface area contributed by atoms with Crippen LogP contribution in [0.1, 0.15) is 33.9 Å². The van der Waals surface area contributed by atoms with Gasteiger partial charge in [0.05, 0.1) is 0 Å². The van der Waals surface area contributed by atoms with Crippen LogP contribution in [0.3, 0.4) is 0 Å². The number of hydrogen-bond donors (Lipinski definition) is 1. The van der Waals surface area contributed by atoms with E-state index in [1.807, 2.05) is 57.2 Å². The molecule has 0 aliphatic heterocycles. The maximum Gasteiger partial charge on any atom is 0.104 e. The van der Waals surface area contributed by atoms with Gasteiger partial charge in [-0.25, -0.2) is 0 Å². The smallest absolute Gasteiger partial charge is 0.104 e. The molecule has 0 saturated heterocycles. The Morgan fingerprint density at radius 3 is 2.11 bits per heavy atom. The van der Waals surface area contributed by atoms with E-state index in [0.717, 1.165) is 32.3 Å². The van der Waals surface area contributed by atoms with E-state index in [1.54, 1.807) is 0 Å². The second-order valence-corrected chi connectivity index (χ2v) is 5.58. The molecule has 0 spiro atoms. The molecule has 1 unspecified atom stereocenters. The standard InChI is InChI=1S/C16H17BrO/c1-10-5-4-6-13(7-10)16(18)14-8-11(2)15(17)12(3)9-14/h4-9,16,18H,1-3H3. The molecule has 2 heteroatoms. The van der Waals surface area contributed by atoms with Gasteiger partial charge in [0.1, 0.15) is 6.10 Å². The number of halogens is 1. The van der Waals surface area contributed by atoms with Gasteiger partial charge in [-0.05, 0) is 43.0 Å². The fraction of sp³-hybridized carbons (Fsp3) is 0.250. The van der Waals surface area contributed by atoms with E-state index in [9.17, 15) is 5.11 Å². The van der Waals surface area contributed by atoms with Crippen molar-refractivity contribution in [3.63, 3.8) is 0 Å². The number of rotatable bonds is 2. The van der Waals surface area contributed by atoms with Gasteiger partial charge in [-0.2, -0.15) is 0 Å². The predicted molar refractivity (Wildman–Crippen MR) is 78.9 cm³/mol. The zero-order chi connectivity index (χ0) is 13.3. The molecular formula is C16H17BrO. The van der Waals surface area contributed by atoms with Gasteiger partial charge < -0.3 is 5.11 Å². The third kappa shape index (κ3) is 2.65. The maximum atomic E-state index is 10.4. The summed E-state index contributed by atoms with van der Waals surface area (Å²) in [7, 11) is 0. The van der Waals surface area contributed by atoms with Crippen molar-refractivity contribution in [3.8, 4) is 0 Å². The van der Waals surface area contributed by atoms with Crippen molar-refractivity contribution in [1.29, 1.82) is 0 Å². The van der Waals surface area contributed by atoms with Crippen LogP contribution >= 0.6 is 15.9 Å². The molecule has 2 aromatic carbocycles. The average molecular weight is 305 g/mol. The first-order chi connectivity index (χ1) is 8.49. The molecule has 94 valence electrons. The molecular weight excluding hydrogens is 288 g/mol. The van der Waals surface area contributed by atoms with E-state index in [2.05, 4.69) is 15.9 Å². The Kier molecular flexibility index (Phi) is 3.88. The van der Waals surface area contributed by atoms with Crippen molar-refractivity contribution < 1.29 is 5.11 Å². The van der Waals surface area contributed by atoms with Gasteiger partial charge in [0, 0.05) is 4.47 Å². The number of benzene rings is 2. The highest BCUT2D eigenvalue weighted by molar-refractivity contribution is 9.10. The molecule has 1 atom stereocenters. The minimum Gasteiger partial charge on any atom is -0.384 e. The number of aliphatic hydroxyl groups excluding tert-OH is 1.